The van der Waals surface area contributed by atoms with Crippen LogP contribution in [0.4, 0.5) is 0 Å². The summed E-state index contributed by atoms with van der Waals surface area (Å²) < 4.78 is 1.97. The number of nitrogens with zero attached hydrogens (tertiary/aromatic N) is 3. The lowest BCUT2D eigenvalue weighted by Gasteiger charge is -2.09. The zero-order valence-electron chi connectivity index (χ0n) is 11.6. The van der Waals surface area contributed by atoms with Gasteiger partial charge in [-0.25, -0.2) is 0 Å². The Morgan fingerprint density at radius 1 is 1.14 bits per heavy atom. The van der Waals surface area contributed by atoms with Gasteiger partial charge in [-0.15, -0.1) is 0 Å². The second-order valence-electron chi connectivity index (χ2n) is 5.36. The van der Waals surface area contributed by atoms with Crippen molar-refractivity contribution in [1.29, 1.82) is 0 Å². The number of fused-ring (bicyclic) bond motifs is 2. The second kappa shape index (κ2) is 3.94. The molecule has 6 nitrogen and oxygen atoms in total. The maximum Gasteiger partial charge on any atom is 0.274 e. The van der Waals surface area contributed by atoms with Crippen LogP contribution in [0.2, 0.25) is 0 Å². The molecule has 1 aromatic heterocycles. The highest BCUT2D eigenvalue weighted by molar-refractivity contribution is 6.23. The molecule has 2 aliphatic heterocycles. The first-order chi connectivity index (χ1) is 10.1. The molecule has 106 valence electrons. The number of oxime groups is 1. The van der Waals surface area contributed by atoms with E-state index in [4.69, 9.17) is 4.84 Å². The molecule has 0 saturated carbocycles. The Balaban J connectivity index is 1.85. The predicted molar refractivity (Wildman–Crippen MR) is 75.6 cm³/mol. The van der Waals surface area contributed by atoms with E-state index in [2.05, 4.69) is 5.16 Å². The van der Waals surface area contributed by atoms with E-state index in [9.17, 15) is 9.59 Å². The molecule has 21 heavy (non-hydrogen) atoms. The van der Waals surface area contributed by atoms with E-state index < -0.39 is 12.0 Å². The van der Waals surface area contributed by atoms with Crippen LogP contribution in [-0.2, 0) is 21.5 Å². The van der Waals surface area contributed by atoms with Crippen LogP contribution in [0, 0.1) is 5.92 Å². The van der Waals surface area contributed by atoms with Gasteiger partial charge < -0.3 is 9.40 Å². The number of benzene rings is 1. The van der Waals surface area contributed by atoms with E-state index in [1.807, 2.05) is 41.9 Å². The number of rotatable bonds is 1. The molecule has 1 aromatic carbocycles. The van der Waals surface area contributed by atoms with Gasteiger partial charge in [-0.1, -0.05) is 23.4 Å². The van der Waals surface area contributed by atoms with Crippen molar-refractivity contribution in [2.45, 2.75) is 6.10 Å². The van der Waals surface area contributed by atoms with Gasteiger partial charge in [-0.3, -0.25) is 14.5 Å². The molecule has 2 aliphatic rings. The number of likely N-dealkylation sites (N-methyl/N-ethyl adjacent to an activating group) is 1. The third-order valence-corrected chi connectivity index (χ3v) is 4.25. The topological polar surface area (TPSA) is 63.9 Å². The summed E-state index contributed by atoms with van der Waals surface area (Å²) in [6.45, 7) is 0. The minimum atomic E-state index is -0.810. The molecular formula is C15H13N3O3. The Labute approximate surface area is 120 Å². The first-order valence-electron chi connectivity index (χ1n) is 6.69. The number of carbonyl (C=O) groups is 2. The van der Waals surface area contributed by atoms with Crippen LogP contribution in [0.5, 0.6) is 0 Å². The van der Waals surface area contributed by atoms with Gasteiger partial charge in [-0.05, 0) is 12.1 Å². The van der Waals surface area contributed by atoms with Gasteiger partial charge in [-0.2, -0.15) is 0 Å². The van der Waals surface area contributed by atoms with Crippen molar-refractivity contribution >= 4 is 28.4 Å². The number of imide groups is 1. The molecule has 3 heterocycles. The van der Waals surface area contributed by atoms with Gasteiger partial charge >= 0.3 is 0 Å². The highest BCUT2D eigenvalue weighted by atomic mass is 16.6. The Morgan fingerprint density at radius 2 is 1.90 bits per heavy atom. The maximum atomic E-state index is 12.2. The molecule has 6 heteroatoms. The summed E-state index contributed by atoms with van der Waals surface area (Å²) in [7, 11) is 3.39. The molecule has 2 amide bonds. The Bertz CT molecular complexity index is 821. The quantitative estimate of drug-likeness (QED) is 0.730. The monoisotopic (exact) mass is 283 g/mol. The third-order valence-electron chi connectivity index (χ3n) is 4.25. The highest BCUT2D eigenvalue weighted by Gasteiger charge is 2.54. The largest absolute Gasteiger partial charge is 0.381 e. The van der Waals surface area contributed by atoms with Crippen LogP contribution in [0.1, 0.15) is 5.69 Å². The molecule has 0 aliphatic carbocycles. The van der Waals surface area contributed by atoms with Gasteiger partial charge in [0.25, 0.3) is 5.91 Å². The predicted octanol–water partition coefficient (Wildman–Crippen LogP) is 0.896. The maximum absolute atomic E-state index is 12.2. The van der Waals surface area contributed by atoms with Crippen molar-refractivity contribution < 1.29 is 14.4 Å². The number of para-hydroxylation sites is 1. The lowest BCUT2D eigenvalue weighted by Crippen LogP contribution is -2.29. The fourth-order valence-corrected chi connectivity index (χ4v) is 3.06. The number of aromatic nitrogens is 1. The van der Waals surface area contributed by atoms with Gasteiger partial charge in [0, 0.05) is 25.0 Å². The van der Waals surface area contributed by atoms with Crippen molar-refractivity contribution in [1.82, 2.24) is 9.47 Å². The molecule has 0 radical (unpaired) electrons. The molecule has 1 fully saturated rings. The summed E-state index contributed by atoms with van der Waals surface area (Å²) in [5, 5.41) is 5.07. The van der Waals surface area contributed by atoms with Crippen LogP contribution in [0.3, 0.4) is 0 Å². The van der Waals surface area contributed by atoms with Gasteiger partial charge in [0.2, 0.25) is 12.0 Å². The fourth-order valence-electron chi connectivity index (χ4n) is 3.06. The lowest BCUT2D eigenvalue weighted by molar-refractivity contribution is -0.140. The Kier molecular flexibility index (Phi) is 2.28. The van der Waals surface area contributed by atoms with Crippen LogP contribution >= 0.6 is 0 Å². The van der Waals surface area contributed by atoms with Crippen LogP contribution in [-0.4, -0.2) is 40.1 Å². The first kappa shape index (κ1) is 12.1. The number of hydrogen-bond acceptors (Lipinski definition) is 4. The smallest absolute Gasteiger partial charge is 0.274 e. The van der Waals surface area contributed by atoms with Gasteiger partial charge in [0.1, 0.15) is 11.6 Å². The van der Waals surface area contributed by atoms with Crippen molar-refractivity contribution in [3.63, 3.8) is 0 Å². The van der Waals surface area contributed by atoms with Crippen molar-refractivity contribution in [3.05, 3.63) is 36.0 Å². The molecule has 2 aromatic rings. The summed E-state index contributed by atoms with van der Waals surface area (Å²) in [6, 6.07) is 9.89. The molecule has 0 N–H and O–H groups in total. The molecule has 1 saturated heterocycles. The number of likely N-dealkylation sites (tertiary alicyclic amines) is 1. The Morgan fingerprint density at radius 3 is 2.67 bits per heavy atom. The zero-order valence-corrected chi connectivity index (χ0v) is 11.6. The third kappa shape index (κ3) is 1.44. The second-order valence-corrected chi connectivity index (χ2v) is 5.36. The summed E-state index contributed by atoms with van der Waals surface area (Å²) in [5.41, 5.74) is 2.38. The molecule has 2 unspecified atom stereocenters. The van der Waals surface area contributed by atoms with E-state index in [0.717, 1.165) is 21.5 Å². The average Bonchev–Trinajstić information content (AvgIpc) is 3.12. The van der Waals surface area contributed by atoms with Crippen molar-refractivity contribution in [3.8, 4) is 0 Å². The normalized spacial score (nSPS) is 24.5. The van der Waals surface area contributed by atoms with Crippen molar-refractivity contribution in [2.24, 2.45) is 18.1 Å². The molecule has 2 atom stereocenters. The SMILES string of the molecule is CN1C(=O)C2ON=C(c3cc4ccccc4n3C)C2C1=O. The molecule has 4 rings (SSSR count). The number of hydrogen-bond donors (Lipinski definition) is 0. The van der Waals surface area contributed by atoms with E-state index in [-0.39, 0.29) is 11.8 Å². The fraction of sp³-hybridized carbons (Fsp3) is 0.267. The van der Waals surface area contributed by atoms with E-state index >= 15 is 0 Å². The van der Waals surface area contributed by atoms with E-state index in [1.165, 1.54) is 7.05 Å². The first-order valence-corrected chi connectivity index (χ1v) is 6.69. The van der Waals surface area contributed by atoms with Crippen molar-refractivity contribution in [2.75, 3.05) is 7.05 Å². The van der Waals surface area contributed by atoms with Gasteiger partial charge in [0.15, 0.2) is 0 Å². The minimum Gasteiger partial charge on any atom is -0.381 e. The Hall–Kier alpha value is -2.63. The summed E-state index contributed by atoms with van der Waals surface area (Å²) in [5.74, 6) is -1.22. The zero-order chi connectivity index (χ0) is 14.7. The highest BCUT2D eigenvalue weighted by Crippen LogP contribution is 2.32. The van der Waals surface area contributed by atoms with Crippen LogP contribution < -0.4 is 0 Å². The average molecular weight is 283 g/mol. The number of amides is 2. The summed E-state index contributed by atoms with van der Waals surface area (Å²) in [6.07, 6.45) is -0.810. The lowest BCUT2D eigenvalue weighted by atomic mass is 9.97. The van der Waals surface area contributed by atoms with Gasteiger partial charge in [0.05, 0.1) is 5.69 Å². The number of carbonyl (C=O) groups excluding carboxylic acids is 2. The summed E-state index contributed by atoms with van der Waals surface area (Å²) in [4.78, 5) is 30.5. The van der Waals surface area contributed by atoms with Crippen LogP contribution in [0.15, 0.2) is 35.5 Å². The number of aryl methyl sites for hydroxylation is 1. The molecule has 0 spiro atoms. The van der Waals surface area contributed by atoms with E-state index in [0.29, 0.717) is 5.71 Å². The standard InChI is InChI=1S/C15H13N3O3/c1-17-9-6-4-3-5-8(9)7-10(17)12-11-13(21-16-12)15(20)18(2)14(11)19/h3-7,11,13H,1-2H3. The molecule has 0 bridgehead atoms. The summed E-state index contributed by atoms with van der Waals surface area (Å²) >= 11 is 0. The minimum absolute atomic E-state index is 0.258. The van der Waals surface area contributed by atoms with Crippen LogP contribution in [0.25, 0.3) is 10.9 Å². The molecular weight excluding hydrogens is 270 g/mol. The van der Waals surface area contributed by atoms with E-state index in [1.54, 1.807) is 0 Å².